The first-order valence-corrected chi connectivity index (χ1v) is 6.59. The number of anilines is 1. The molecule has 1 aliphatic heterocycles. The number of carboxylic acid groups (broad SMARTS) is 1. The third-order valence-electron chi connectivity index (χ3n) is 3.65. The van der Waals surface area contributed by atoms with E-state index in [1.807, 2.05) is 11.8 Å². The SMILES string of the molecule is CC1CCN(c2ccnc(C(=O)N(C)C)c2)C1C(=O)O. The molecule has 0 spiro atoms. The fourth-order valence-corrected chi connectivity index (χ4v) is 2.56. The molecular weight excluding hydrogens is 258 g/mol. The summed E-state index contributed by atoms with van der Waals surface area (Å²) in [5.41, 5.74) is 1.07. The number of aromatic nitrogens is 1. The summed E-state index contributed by atoms with van der Waals surface area (Å²) in [6.45, 7) is 2.61. The number of amides is 1. The lowest BCUT2D eigenvalue weighted by Gasteiger charge is -2.25. The van der Waals surface area contributed by atoms with Crippen LogP contribution >= 0.6 is 0 Å². The molecule has 6 nitrogen and oxygen atoms in total. The summed E-state index contributed by atoms with van der Waals surface area (Å²) in [5, 5.41) is 9.35. The Labute approximate surface area is 118 Å². The zero-order chi connectivity index (χ0) is 14.9. The van der Waals surface area contributed by atoms with Gasteiger partial charge in [0.1, 0.15) is 11.7 Å². The predicted octanol–water partition coefficient (Wildman–Crippen LogP) is 1.08. The smallest absolute Gasteiger partial charge is 0.326 e. The molecule has 1 fully saturated rings. The average molecular weight is 277 g/mol. The van der Waals surface area contributed by atoms with Crippen LogP contribution in [0.1, 0.15) is 23.8 Å². The van der Waals surface area contributed by atoms with Gasteiger partial charge in [0.05, 0.1) is 0 Å². The number of aliphatic carboxylic acids is 1. The fraction of sp³-hybridized carbons (Fsp3) is 0.500. The Morgan fingerprint density at radius 1 is 1.45 bits per heavy atom. The zero-order valence-electron chi connectivity index (χ0n) is 11.9. The van der Waals surface area contributed by atoms with E-state index in [1.54, 1.807) is 32.4 Å². The first kappa shape index (κ1) is 14.3. The number of hydrogen-bond donors (Lipinski definition) is 1. The Hall–Kier alpha value is -2.11. The number of carbonyl (C=O) groups is 2. The maximum atomic E-state index is 11.9. The van der Waals surface area contributed by atoms with Crippen molar-refractivity contribution in [3.05, 3.63) is 24.0 Å². The van der Waals surface area contributed by atoms with Crippen LogP contribution < -0.4 is 4.90 Å². The maximum Gasteiger partial charge on any atom is 0.326 e. The highest BCUT2D eigenvalue weighted by atomic mass is 16.4. The van der Waals surface area contributed by atoms with Gasteiger partial charge in [-0.15, -0.1) is 0 Å². The Kier molecular flexibility index (Phi) is 3.92. The predicted molar refractivity (Wildman–Crippen MR) is 74.8 cm³/mol. The van der Waals surface area contributed by atoms with Gasteiger partial charge >= 0.3 is 5.97 Å². The van der Waals surface area contributed by atoms with E-state index in [4.69, 9.17) is 0 Å². The minimum Gasteiger partial charge on any atom is -0.480 e. The lowest BCUT2D eigenvalue weighted by atomic mass is 10.0. The van der Waals surface area contributed by atoms with Crippen molar-refractivity contribution < 1.29 is 14.7 Å². The number of pyridine rings is 1. The monoisotopic (exact) mass is 277 g/mol. The maximum absolute atomic E-state index is 11.9. The van der Waals surface area contributed by atoms with E-state index in [-0.39, 0.29) is 11.8 Å². The Balaban J connectivity index is 2.31. The van der Waals surface area contributed by atoms with E-state index in [2.05, 4.69) is 4.98 Å². The summed E-state index contributed by atoms with van der Waals surface area (Å²) < 4.78 is 0. The standard InChI is InChI=1S/C14H19N3O3/c1-9-5-7-17(12(9)14(19)20)10-4-6-15-11(8-10)13(18)16(2)3/h4,6,8-9,12H,5,7H2,1-3H3,(H,19,20). The first-order chi connectivity index (χ1) is 9.41. The van der Waals surface area contributed by atoms with Crippen LogP contribution in [0.5, 0.6) is 0 Å². The summed E-state index contributed by atoms with van der Waals surface area (Å²) in [5.74, 6) is -0.924. The van der Waals surface area contributed by atoms with E-state index in [9.17, 15) is 14.7 Å². The van der Waals surface area contributed by atoms with Crippen molar-refractivity contribution in [2.75, 3.05) is 25.5 Å². The molecule has 0 aliphatic carbocycles. The van der Waals surface area contributed by atoms with Crippen molar-refractivity contribution in [3.63, 3.8) is 0 Å². The lowest BCUT2D eigenvalue weighted by molar-refractivity contribution is -0.139. The second-order valence-corrected chi connectivity index (χ2v) is 5.34. The molecule has 2 heterocycles. The quantitative estimate of drug-likeness (QED) is 0.895. The van der Waals surface area contributed by atoms with Crippen LogP contribution in [0.4, 0.5) is 5.69 Å². The highest BCUT2D eigenvalue weighted by Gasteiger charge is 2.37. The molecule has 1 saturated heterocycles. The van der Waals surface area contributed by atoms with Crippen LogP contribution in [0.15, 0.2) is 18.3 Å². The second-order valence-electron chi connectivity index (χ2n) is 5.34. The van der Waals surface area contributed by atoms with Crippen LogP contribution in [0.3, 0.4) is 0 Å². The van der Waals surface area contributed by atoms with Crippen LogP contribution in [-0.4, -0.2) is 53.5 Å². The summed E-state index contributed by atoms with van der Waals surface area (Å²) >= 11 is 0. The molecular formula is C14H19N3O3. The highest BCUT2D eigenvalue weighted by Crippen LogP contribution is 2.30. The van der Waals surface area contributed by atoms with E-state index >= 15 is 0 Å². The summed E-state index contributed by atoms with van der Waals surface area (Å²) in [6, 6.07) is 2.87. The van der Waals surface area contributed by atoms with Crippen molar-refractivity contribution >= 4 is 17.6 Å². The van der Waals surface area contributed by atoms with Crippen molar-refractivity contribution in [2.45, 2.75) is 19.4 Å². The molecule has 1 aromatic rings. The molecule has 108 valence electrons. The highest BCUT2D eigenvalue weighted by molar-refractivity contribution is 5.93. The van der Waals surface area contributed by atoms with Crippen LogP contribution in [0.2, 0.25) is 0 Å². The van der Waals surface area contributed by atoms with Crippen molar-refractivity contribution in [1.82, 2.24) is 9.88 Å². The summed E-state index contributed by atoms with van der Waals surface area (Å²) in [7, 11) is 3.32. The minimum absolute atomic E-state index is 0.0914. The molecule has 1 aromatic heterocycles. The van der Waals surface area contributed by atoms with Gasteiger partial charge in [-0.25, -0.2) is 4.79 Å². The first-order valence-electron chi connectivity index (χ1n) is 6.59. The van der Waals surface area contributed by atoms with E-state index in [0.29, 0.717) is 12.2 Å². The van der Waals surface area contributed by atoms with Gasteiger partial charge < -0.3 is 14.9 Å². The van der Waals surface area contributed by atoms with Gasteiger partial charge in [0.15, 0.2) is 0 Å². The lowest BCUT2D eigenvalue weighted by Crippen LogP contribution is -2.39. The van der Waals surface area contributed by atoms with E-state index in [1.165, 1.54) is 4.90 Å². The molecule has 2 rings (SSSR count). The normalized spacial score (nSPS) is 21.9. The van der Waals surface area contributed by atoms with E-state index < -0.39 is 12.0 Å². The van der Waals surface area contributed by atoms with Crippen molar-refractivity contribution in [1.29, 1.82) is 0 Å². The second kappa shape index (κ2) is 5.48. The van der Waals surface area contributed by atoms with Gasteiger partial charge in [-0.05, 0) is 24.5 Å². The third-order valence-corrected chi connectivity index (χ3v) is 3.65. The molecule has 2 atom stereocenters. The molecule has 0 bridgehead atoms. The molecule has 20 heavy (non-hydrogen) atoms. The Bertz CT molecular complexity index is 530. The van der Waals surface area contributed by atoms with Gasteiger partial charge in [-0.1, -0.05) is 6.92 Å². The summed E-state index contributed by atoms with van der Waals surface area (Å²) in [6.07, 6.45) is 2.38. The van der Waals surface area contributed by atoms with E-state index in [0.717, 1.165) is 12.1 Å². The van der Waals surface area contributed by atoms with Gasteiger partial charge in [0.2, 0.25) is 0 Å². The van der Waals surface area contributed by atoms with Gasteiger partial charge in [0, 0.05) is 32.5 Å². The zero-order valence-corrected chi connectivity index (χ0v) is 11.9. The third kappa shape index (κ3) is 2.59. The molecule has 0 radical (unpaired) electrons. The fourth-order valence-electron chi connectivity index (χ4n) is 2.56. The molecule has 2 unspecified atom stereocenters. The number of nitrogens with zero attached hydrogens (tertiary/aromatic N) is 3. The average Bonchev–Trinajstić information content (AvgIpc) is 2.80. The van der Waals surface area contributed by atoms with Gasteiger partial charge in [-0.3, -0.25) is 9.78 Å². The molecule has 1 amide bonds. The van der Waals surface area contributed by atoms with Gasteiger partial charge in [-0.2, -0.15) is 0 Å². The Morgan fingerprint density at radius 2 is 2.15 bits per heavy atom. The van der Waals surface area contributed by atoms with Crippen LogP contribution in [0.25, 0.3) is 0 Å². The number of carbonyl (C=O) groups excluding carboxylic acids is 1. The number of carboxylic acids is 1. The molecule has 6 heteroatoms. The molecule has 1 aliphatic rings. The van der Waals surface area contributed by atoms with Gasteiger partial charge in [0.25, 0.3) is 5.91 Å². The molecule has 0 saturated carbocycles. The number of rotatable bonds is 3. The molecule has 0 aromatic carbocycles. The largest absolute Gasteiger partial charge is 0.480 e. The minimum atomic E-state index is -0.827. The summed E-state index contributed by atoms with van der Waals surface area (Å²) in [4.78, 5) is 30.7. The topological polar surface area (TPSA) is 73.7 Å². The Morgan fingerprint density at radius 3 is 2.75 bits per heavy atom. The van der Waals surface area contributed by atoms with Crippen LogP contribution in [-0.2, 0) is 4.79 Å². The molecule has 1 N–H and O–H groups in total. The van der Waals surface area contributed by atoms with Crippen LogP contribution in [0, 0.1) is 5.92 Å². The number of hydrogen-bond acceptors (Lipinski definition) is 4. The van der Waals surface area contributed by atoms with Crippen molar-refractivity contribution in [2.24, 2.45) is 5.92 Å². The van der Waals surface area contributed by atoms with Crippen molar-refractivity contribution in [3.8, 4) is 0 Å².